The molecule has 0 aliphatic rings. The van der Waals surface area contributed by atoms with Crippen LogP contribution < -0.4 is 4.74 Å². The average molecular weight is 292 g/mol. The molecule has 0 amide bonds. The number of carboxylic acid groups (broad SMARTS) is 1. The van der Waals surface area contributed by atoms with Crippen molar-refractivity contribution >= 4 is 17.7 Å². The van der Waals surface area contributed by atoms with Crippen molar-refractivity contribution in [2.75, 3.05) is 12.9 Å². The van der Waals surface area contributed by atoms with Crippen molar-refractivity contribution in [3.8, 4) is 11.4 Å². The average Bonchev–Trinajstić information content (AvgIpc) is 2.77. The molecule has 0 aliphatic carbocycles. The predicted molar refractivity (Wildman–Crippen MR) is 77.9 cm³/mol. The van der Waals surface area contributed by atoms with Gasteiger partial charge in [0, 0.05) is 6.20 Å². The van der Waals surface area contributed by atoms with Crippen LogP contribution in [0, 0.1) is 13.8 Å². The second-order valence-corrected chi connectivity index (χ2v) is 5.34. The second kappa shape index (κ2) is 6.00. The Hall–Kier alpha value is -1.95. The van der Waals surface area contributed by atoms with Crippen LogP contribution in [0.4, 0.5) is 0 Å². The van der Waals surface area contributed by atoms with E-state index in [4.69, 9.17) is 9.84 Å². The second-order valence-electron chi connectivity index (χ2n) is 4.39. The highest BCUT2D eigenvalue weighted by Gasteiger charge is 2.13. The Morgan fingerprint density at radius 2 is 2.20 bits per heavy atom. The summed E-state index contributed by atoms with van der Waals surface area (Å²) in [4.78, 5) is 15.1. The number of aromatic nitrogens is 2. The van der Waals surface area contributed by atoms with Gasteiger partial charge in [0.15, 0.2) is 5.16 Å². The molecule has 20 heavy (non-hydrogen) atoms. The molecule has 2 rings (SSSR count). The van der Waals surface area contributed by atoms with E-state index < -0.39 is 5.97 Å². The predicted octanol–water partition coefficient (Wildman–Crippen LogP) is 2.67. The number of methoxy groups -OCH3 is 1. The van der Waals surface area contributed by atoms with Crippen LogP contribution in [0.3, 0.4) is 0 Å². The van der Waals surface area contributed by atoms with Crippen LogP contribution in [0.25, 0.3) is 5.69 Å². The lowest BCUT2D eigenvalue weighted by Crippen LogP contribution is -2.03. The molecule has 0 aliphatic heterocycles. The molecular formula is C14H16N2O3S. The molecule has 2 aromatic rings. The molecule has 0 bridgehead atoms. The van der Waals surface area contributed by atoms with Crippen LogP contribution in [-0.4, -0.2) is 33.5 Å². The van der Waals surface area contributed by atoms with E-state index in [2.05, 4.69) is 4.98 Å². The Kier molecular flexibility index (Phi) is 4.34. The van der Waals surface area contributed by atoms with Crippen molar-refractivity contribution in [3.63, 3.8) is 0 Å². The minimum Gasteiger partial charge on any atom is -0.495 e. The summed E-state index contributed by atoms with van der Waals surface area (Å²) in [5, 5.41) is 9.45. The van der Waals surface area contributed by atoms with E-state index in [1.54, 1.807) is 7.11 Å². The molecule has 0 radical (unpaired) electrons. The van der Waals surface area contributed by atoms with Crippen LogP contribution in [0.5, 0.6) is 5.75 Å². The quantitative estimate of drug-likeness (QED) is 0.858. The third-order valence-electron chi connectivity index (χ3n) is 2.71. The maximum absolute atomic E-state index is 10.7. The van der Waals surface area contributed by atoms with Gasteiger partial charge in [-0.1, -0.05) is 17.8 Å². The molecule has 6 heteroatoms. The number of ether oxygens (including phenoxy) is 1. The molecule has 0 fully saturated rings. The molecule has 1 N–H and O–H groups in total. The number of carboxylic acids is 1. The molecular weight excluding hydrogens is 276 g/mol. The number of aliphatic carboxylic acids is 1. The number of hydrogen-bond acceptors (Lipinski definition) is 4. The Balaban J connectivity index is 2.46. The first kappa shape index (κ1) is 14.5. The minimum absolute atomic E-state index is 0.0232. The van der Waals surface area contributed by atoms with Gasteiger partial charge in [0.2, 0.25) is 0 Å². The Morgan fingerprint density at radius 3 is 2.85 bits per heavy atom. The summed E-state index contributed by atoms with van der Waals surface area (Å²) in [6, 6.07) is 5.85. The highest BCUT2D eigenvalue weighted by molar-refractivity contribution is 7.99. The number of imidazole rings is 1. The first-order chi connectivity index (χ1) is 9.51. The molecule has 0 spiro atoms. The fraction of sp³-hybridized carbons (Fsp3) is 0.286. The first-order valence-corrected chi connectivity index (χ1v) is 7.05. The van der Waals surface area contributed by atoms with E-state index in [9.17, 15) is 4.79 Å². The van der Waals surface area contributed by atoms with Crippen LogP contribution >= 0.6 is 11.8 Å². The van der Waals surface area contributed by atoms with Gasteiger partial charge in [-0.15, -0.1) is 0 Å². The standard InChI is InChI=1S/C14H16N2O3S/c1-9-4-5-12(19-3)11(6-9)16-7-10(2)15-14(16)20-8-13(17)18/h4-7H,8H2,1-3H3,(H,17,18). The van der Waals surface area contributed by atoms with Crippen LogP contribution in [-0.2, 0) is 4.79 Å². The highest BCUT2D eigenvalue weighted by atomic mass is 32.2. The zero-order chi connectivity index (χ0) is 14.7. The van der Waals surface area contributed by atoms with Crippen molar-refractivity contribution in [1.29, 1.82) is 0 Å². The molecule has 1 aromatic heterocycles. The summed E-state index contributed by atoms with van der Waals surface area (Å²) in [5.74, 6) is -0.159. The Labute approximate surface area is 121 Å². The summed E-state index contributed by atoms with van der Waals surface area (Å²) >= 11 is 1.19. The zero-order valence-corrected chi connectivity index (χ0v) is 12.4. The van der Waals surface area contributed by atoms with Gasteiger partial charge in [-0.3, -0.25) is 9.36 Å². The third kappa shape index (κ3) is 3.14. The summed E-state index contributed by atoms with van der Waals surface area (Å²) in [6.45, 7) is 3.88. The lowest BCUT2D eigenvalue weighted by Gasteiger charge is -2.12. The Morgan fingerprint density at radius 1 is 1.45 bits per heavy atom. The largest absolute Gasteiger partial charge is 0.495 e. The van der Waals surface area contributed by atoms with E-state index in [-0.39, 0.29) is 5.75 Å². The molecule has 1 heterocycles. The normalized spacial score (nSPS) is 10.6. The number of carbonyl (C=O) groups is 1. The highest BCUT2D eigenvalue weighted by Crippen LogP contribution is 2.29. The van der Waals surface area contributed by atoms with E-state index in [0.29, 0.717) is 5.16 Å². The summed E-state index contributed by atoms with van der Waals surface area (Å²) < 4.78 is 7.24. The summed E-state index contributed by atoms with van der Waals surface area (Å²) in [6.07, 6.45) is 1.88. The van der Waals surface area contributed by atoms with Crippen molar-refractivity contribution in [2.24, 2.45) is 0 Å². The van der Waals surface area contributed by atoms with E-state index in [0.717, 1.165) is 22.7 Å². The van der Waals surface area contributed by atoms with Gasteiger partial charge in [-0.2, -0.15) is 0 Å². The minimum atomic E-state index is -0.863. The maximum atomic E-state index is 10.7. The fourth-order valence-corrected chi connectivity index (χ4v) is 2.62. The molecule has 0 unspecified atom stereocenters. The van der Waals surface area contributed by atoms with E-state index in [1.807, 2.05) is 42.8 Å². The van der Waals surface area contributed by atoms with Gasteiger partial charge in [-0.25, -0.2) is 4.98 Å². The molecule has 0 saturated carbocycles. The van der Waals surface area contributed by atoms with Crippen molar-refractivity contribution in [3.05, 3.63) is 35.7 Å². The van der Waals surface area contributed by atoms with Crippen LogP contribution in [0.15, 0.2) is 29.6 Å². The molecule has 0 atom stereocenters. The SMILES string of the molecule is COc1ccc(C)cc1-n1cc(C)nc1SCC(=O)O. The number of hydrogen-bond donors (Lipinski definition) is 1. The molecule has 5 nitrogen and oxygen atoms in total. The smallest absolute Gasteiger partial charge is 0.313 e. The number of thioether (sulfide) groups is 1. The number of nitrogens with zero attached hydrogens (tertiary/aromatic N) is 2. The van der Waals surface area contributed by atoms with E-state index in [1.165, 1.54) is 11.8 Å². The van der Waals surface area contributed by atoms with Gasteiger partial charge in [0.25, 0.3) is 0 Å². The van der Waals surface area contributed by atoms with Gasteiger partial charge in [0.05, 0.1) is 24.2 Å². The lowest BCUT2D eigenvalue weighted by molar-refractivity contribution is -0.133. The maximum Gasteiger partial charge on any atom is 0.313 e. The number of aryl methyl sites for hydroxylation is 2. The number of benzene rings is 1. The third-order valence-corrected chi connectivity index (χ3v) is 3.65. The summed E-state index contributed by atoms with van der Waals surface area (Å²) in [7, 11) is 1.61. The van der Waals surface area contributed by atoms with Crippen molar-refractivity contribution in [1.82, 2.24) is 9.55 Å². The van der Waals surface area contributed by atoms with Crippen molar-refractivity contribution in [2.45, 2.75) is 19.0 Å². The molecule has 106 valence electrons. The number of rotatable bonds is 5. The van der Waals surface area contributed by atoms with E-state index >= 15 is 0 Å². The zero-order valence-electron chi connectivity index (χ0n) is 11.6. The topological polar surface area (TPSA) is 64.4 Å². The summed E-state index contributed by atoms with van der Waals surface area (Å²) in [5.41, 5.74) is 2.80. The van der Waals surface area contributed by atoms with Crippen molar-refractivity contribution < 1.29 is 14.6 Å². The molecule has 0 saturated heterocycles. The van der Waals surface area contributed by atoms with Gasteiger partial charge >= 0.3 is 5.97 Å². The van der Waals surface area contributed by atoms with Crippen LogP contribution in [0.1, 0.15) is 11.3 Å². The van der Waals surface area contributed by atoms with Crippen LogP contribution in [0.2, 0.25) is 0 Å². The lowest BCUT2D eigenvalue weighted by atomic mass is 10.2. The van der Waals surface area contributed by atoms with Gasteiger partial charge in [-0.05, 0) is 31.5 Å². The van der Waals surface area contributed by atoms with Gasteiger partial charge in [0.1, 0.15) is 5.75 Å². The first-order valence-electron chi connectivity index (χ1n) is 6.07. The Bertz CT molecular complexity index is 637. The monoisotopic (exact) mass is 292 g/mol. The molecule has 1 aromatic carbocycles. The fourth-order valence-electron chi connectivity index (χ4n) is 1.86. The van der Waals surface area contributed by atoms with Gasteiger partial charge < -0.3 is 9.84 Å².